The van der Waals surface area contributed by atoms with Crippen molar-refractivity contribution < 1.29 is 4.79 Å². The first-order valence-electron chi connectivity index (χ1n) is 6.00. The maximum Gasteiger partial charge on any atom is 0.325 e. The molecule has 0 saturated carbocycles. The van der Waals surface area contributed by atoms with Gasteiger partial charge in [-0.3, -0.25) is 5.32 Å². The Morgan fingerprint density at radius 3 is 2.62 bits per heavy atom. The summed E-state index contributed by atoms with van der Waals surface area (Å²) in [5, 5.41) is 6.62. The Morgan fingerprint density at radius 1 is 1.14 bits per heavy atom. The molecule has 2 amide bonds. The van der Waals surface area contributed by atoms with Crippen LogP contribution in [0.4, 0.5) is 15.6 Å². The van der Waals surface area contributed by atoms with Crippen molar-refractivity contribution in [2.75, 3.05) is 10.6 Å². The lowest BCUT2D eigenvalue weighted by atomic mass is 10.3. The third kappa shape index (κ3) is 3.34. The standard InChI is InChI=1S/C14H9BrClN3OS/c15-10-2-1-3-11-12(10)18-14(21-11)19-13(20)17-9-6-4-8(16)5-7-9/h1-7H,(H2,17,18,19,20). The average Bonchev–Trinajstić information content (AvgIpc) is 2.85. The van der Waals surface area contributed by atoms with Crippen molar-refractivity contribution in [3.8, 4) is 0 Å². The Labute approximate surface area is 138 Å². The number of fused-ring (bicyclic) bond motifs is 1. The maximum absolute atomic E-state index is 11.9. The predicted octanol–water partition coefficient (Wildman–Crippen LogP) is 5.36. The van der Waals surface area contributed by atoms with Gasteiger partial charge in [0.15, 0.2) is 5.13 Å². The molecule has 0 radical (unpaired) electrons. The number of nitrogens with one attached hydrogen (secondary N) is 2. The van der Waals surface area contributed by atoms with Crippen LogP contribution >= 0.6 is 38.9 Å². The highest BCUT2D eigenvalue weighted by Gasteiger charge is 2.09. The summed E-state index contributed by atoms with van der Waals surface area (Å²) in [6.07, 6.45) is 0. The van der Waals surface area contributed by atoms with E-state index in [4.69, 9.17) is 11.6 Å². The van der Waals surface area contributed by atoms with Gasteiger partial charge in [0.1, 0.15) is 0 Å². The molecule has 0 fully saturated rings. The van der Waals surface area contributed by atoms with Crippen LogP contribution in [0.5, 0.6) is 0 Å². The van der Waals surface area contributed by atoms with Crippen LogP contribution in [0.3, 0.4) is 0 Å². The second-order valence-electron chi connectivity index (χ2n) is 4.19. The molecule has 1 aromatic heterocycles. The van der Waals surface area contributed by atoms with Crippen LogP contribution in [0, 0.1) is 0 Å². The SMILES string of the molecule is O=C(Nc1ccc(Cl)cc1)Nc1nc2c(Br)cccc2s1. The molecule has 3 rings (SSSR count). The van der Waals surface area contributed by atoms with Gasteiger partial charge in [-0.2, -0.15) is 0 Å². The van der Waals surface area contributed by atoms with E-state index in [0.29, 0.717) is 15.8 Å². The second kappa shape index (κ2) is 6.01. The largest absolute Gasteiger partial charge is 0.325 e. The van der Waals surface area contributed by atoms with Gasteiger partial charge in [0, 0.05) is 15.2 Å². The first kappa shape index (κ1) is 14.3. The van der Waals surface area contributed by atoms with E-state index < -0.39 is 0 Å². The number of nitrogens with zero attached hydrogens (tertiary/aromatic N) is 1. The van der Waals surface area contributed by atoms with E-state index in [1.807, 2.05) is 18.2 Å². The lowest BCUT2D eigenvalue weighted by molar-refractivity contribution is 0.262. The van der Waals surface area contributed by atoms with Gasteiger partial charge >= 0.3 is 6.03 Å². The van der Waals surface area contributed by atoms with Gasteiger partial charge in [-0.15, -0.1) is 0 Å². The van der Waals surface area contributed by atoms with Crippen LogP contribution in [-0.2, 0) is 0 Å². The molecule has 0 aliphatic heterocycles. The normalized spacial score (nSPS) is 10.6. The molecule has 0 aliphatic rings. The third-order valence-electron chi connectivity index (χ3n) is 2.69. The van der Waals surface area contributed by atoms with Crippen LogP contribution in [0.25, 0.3) is 10.2 Å². The second-order valence-corrected chi connectivity index (χ2v) is 6.51. The third-order valence-corrected chi connectivity index (χ3v) is 4.52. The van der Waals surface area contributed by atoms with Crippen molar-refractivity contribution in [2.24, 2.45) is 0 Å². The van der Waals surface area contributed by atoms with Crippen molar-refractivity contribution >= 4 is 65.9 Å². The summed E-state index contributed by atoms with van der Waals surface area (Å²) in [7, 11) is 0. The average molecular weight is 383 g/mol. The molecule has 7 heteroatoms. The number of anilines is 2. The number of aromatic nitrogens is 1. The van der Waals surface area contributed by atoms with Gasteiger partial charge in [-0.1, -0.05) is 29.0 Å². The Morgan fingerprint density at radius 2 is 1.90 bits per heavy atom. The maximum atomic E-state index is 11.9. The monoisotopic (exact) mass is 381 g/mol. The first-order valence-corrected chi connectivity index (χ1v) is 7.99. The minimum Gasteiger partial charge on any atom is -0.308 e. The molecule has 4 nitrogen and oxygen atoms in total. The van der Waals surface area contributed by atoms with E-state index in [0.717, 1.165) is 14.7 Å². The van der Waals surface area contributed by atoms with Crippen molar-refractivity contribution in [3.63, 3.8) is 0 Å². The number of hydrogen-bond donors (Lipinski definition) is 2. The van der Waals surface area contributed by atoms with Crippen LogP contribution in [0.15, 0.2) is 46.9 Å². The summed E-state index contributed by atoms with van der Waals surface area (Å²) in [6, 6.07) is 12.4. The van der Waals surface area contributed by atoms with E-state index in [1.165, 1.54) is 11.3 Å². The molecule has 0 spiro atoms. The number of hydrogen-bond acceptors (Lipinski definition) is 3. The van der Waals surface area contributed by atoms with Gasteiger partial charge in [-0.05, 0) is 52.3 Å². The fraction of sp³-hybridized carbons (Fsp3) is 0. The molecule has 21 heavy (non-hydrogen) atoms. The van der Waals surface area contributed by atoms with Crippen molar-refractivity contribution in [1.82, 2.24) is 4.98 Å². The predicted molar refractivity (Wildman–Crippen MR) is 91.4 cm³/mol. The molecule has 0 saturated heterocycles. The van der Waals surface area contributed by atoms with E-state index in [9.17, 15) is 4.79 Å². The molecule has 0 unspecified atom stereocenters. The van der Waals surface area contributed by atoms with E-state index >= 15 is 0 Å². The summed E-state index contributed by atoms with van der Waals surface area (Å²) in [6.45, 7) is 0. The zero-order valence-corrected chi connectivity index (χ0v) is 13.7. The molecule has 0 aliphatic carbocycles. The minimum absolute atomic E-state index is 0.340. The topological polar surface area (TPSA) is 54.0 Å². The fourth-order valence-corrected chi connectivity index (χ4v) is 3.36. The Hall–Kier alpha value is -1.63. The van der Waals surface area contributed by atoms with Crippen molar-refractivity contribution in [3.05, 3.63) is 52.0 Å². The van der Waals surface area contributed by atoms with Gasteiger partial charge in [-0.25, -0.2) is 9.78 Å². The molecule has 2 N–H and O–H groups in total. The summed E-state index contributed by atoms with van der Waals surface area (Å²) < 4.78 is 1.91. The number of rotatable bonds is 2. The van der Waals surface area contributed by atoms with Crippen LogP contribution < -0.4 is 10.6 Å². The summed E-state index contributed by atoms with van der Waals surface area (Å²) in [5.74, 6) is 0. The lowest BCUT2D eigenvalue weighted by Gasteiger charge is -2.04. The van der Waals surface area contributed by atoms with Gasteiger partial charge < -0.3 is 5.32 Å². The van der Waals surface area contributed by atoms with E-state index in [2.05, 4.69) is 31.5 Å². The molecule has 1 heterocycles. The number of carbonyl (C=O) groups excluding carboxylic acids is 1. The number of carbonyl (C=O) groups is 1. The molecule has 2 aromatic carbocycles. The number of para-hydroxylation sites is 1. The number of urea groups is 1. The quantitative estimate of drug-likeness (QED) is 0.627. The van der Waals surface area contributed by atoms with Crippen LogP contribution in [0.1, 0.15) is 0 Å². The summed E-state index contributed by atoms with van der Waals surface area (Å²) in [5.41, 5.74) is 1.50. The summed E-state index contributed by atoms with van der Waals surface area (Å²) >= 11 is 10.7. The molecule has 3 aromatic rings. The highest BCUT2D eigenvalue weighted by molar-refractivity contribution is 9.10. The Bertz CT molecular complexity index is 804. The highest BCUT2D eigenvalue weighted by Crippen LogP contribution is 2.30. The molecule has 106 valence electrons. The molecular formula is C14H9BrClN3OS. The number of amides is 2. The Balaban J connectivity index is 1.74. The van der Waals surface area contributed by atoms with E-state index in [1.54, 1.807) is 24.3 Å². The number of halogens is 2. The van der Waals surface area contributed by atoms with Gasteiger partial charge in [0.2, 0.25) is 0 Å². The van der Waals surface area contributed by atoms with Crippen LogP contribution in [0.2, 0.25) is 5.02 Å². The van der Waals surface area contributed by atoms with Gasteiger partial charge in [0.05, 0.1) is 10.2 Å². The van der Waals surface area contributed by atoms with Crippen LogP contribution in [-0.4, -0.2) is 11.0 Å². The zero-order valence-electron chi connectivity index (χ0n) is 10.6. The smallest absolute Gasteiger partial charge is 0.308 e. The first-order chi connectivity index (χ1) is 10.1. The molecular weight excluding hydrogens is 374 g/mol. The zero-order chi connectivity index (χ0) is 14.8. The molecule has 0 bridgehead atoms. The number of thiazole rings is 1. The summed E-state index contributed by atoms with van der Waals surface area (Å²) in [4.78, 5) is 16.3. The van der Waals surface area contributed by atoms with E-state index in [-0.39, 0.29) is 6.03 Å². The fourth-order valence-electron chi connectivity index (χ4n) is 1.76. The van der Waals surface area contributed by atoms with Crippen molar-refractivity contribution in [2.45, 2.75) is 0 Å². The molecule has 0 atom stereocenters. The minimum atomic E-state index is -0.340. The lowest BCUT2D eigenvalue weighted by Crippen LogP contribution is -2.19. The van der Waals surface area contributed by atoms with Crippen molar-refractivity contribution in [1.29, 1.82) is 0 Å². The van der Waals surface area contributed by atoms with Gasteiger partial charge in [0.25, 0.3) is 0 Å². The highest BCUT2D eigenvalue weighted by atomic mass is 79.9. The Kier molecular flexibility index (Phi) is 4.10. The number of benzene rings is 2.